The van der Waals surface area contributed by atoms with Gasteiger partial charge >= 0.3 is 5.97 Å². The van der Waals surface area contributed by atoms with Crippen LogP contribution in [0.1, 0.15) is 126 Å². The fourth-order valence-corrected chi connectivity index (χ4v) is 7.01. The Morgan fingerprint density at radius 1 is 0.605 bits per heavy atom. The van der Waals surface area contributed by atoms with Gasteiger partial charge in [-0.1, -0.05) is 83.1 Å². The third kappa shape index (κ3) is 8.21. The third-order valence-corrected chi connectivity index (χ3v) is 8.78. The maximum absolute atomic E-state index is 12.1. The van der Waals surface area contributed by atoms with Crippen LogP contribution in [0.15, 0.2) is 34.1 Å². The summed E-state index contributed by atoms with van der Waals surface area (Å²) in [5.74, 6) is 0.801. The summed E-state index contributed by atoms with van der Waals surface area (Å²) in [7, 11) is 0. The molecule has 2 aromatic rings. The Kier molecular flexibility index (Phi) is 9.24. The van der Waals surface area contributed by atoms with Gasteiger partial charge in [0.25, 0.3) is 0 Å². The lowest BCUT2D eigenvalue weighted by atomic mass is 9.79. The van der Waals surface area contributed by atoms with Crippen molar-refractivity contribution >= 4 is 29.5 Å². The van der Waals surface area contributed by atoms with Gasteiger partial charge in [0.1, 0.15) is 11.5 Å². The molecular formula is C33H50O3S2. The normalized spacial score (nSPS) is 13.6. The number of esters is 1. The number of carbonyl (C=O) groups excluding carboxylic acids is 1. The van der Waals surface area contributed by atoms with Gasteiger partial charge in [0, 0.05) is 39.0 Å². The molecule has 0 spiro atoms. The summed E-state index contributed by atoms with van der Waals surface area (Å²) in [6.45, 7) is 31.8. The van der Waals surface area contributed by atoms with Crippen molar-refractivity contribution in [3.05, 3.63) is 46.5 Å². The lowest BCUT2D eigenvalue weighted by Gasteiger charge is -2.32. The molecule has 0 aromatic heterocycles. The lowest BCUT2D eigenvalue weighted by molar-refractivity contribution is -0.132. The highest BCUT2D eigenvalue weighted by Crippen LogP contribution is 2.51. The molecule has 0 unspecified atom stereocenters. The number of phenols is 1. The van der Waals surface area contributed by atoms with Crippen molar-refractivity contribution in [2.24, 2.45) is 0 Å². The molecule has 0 atom stereocenters. The second-order valence-electron chi connectivity index (χ2n) is 14.9. The van der Waals surface area contributed by atoms with E-state index in [4.69, 9.17) is 4.74 Å². The average Bonchev–Trinajstić information content (AvgIpc) is 2.65. The van der Waals surface area contributed by atoms with E-state index in [-0.39, 0.29) is 31.7 Å². The van der Waals surface area contributed by atoms with Crippen molar-refractivity contribution in [3.63, 3.8) is 0 Å². The number of carbonyl (C=O) groups is 1. The summed E-state index contributed by atoms with van der Waals surface area (Å²) in [5.41, 5.74) is 3.29. The Labute approximate surface area is 240 Å². The van der Waals surface area contributed by atoms with Crippen molar-refractivity contribution in [1.82, 2.24) is 0 Å². The Bertz CT molecular complexity index is 1110. The molecule has 212 valence electrons. The molecule has 0 radical (unpaired) electrons. The number of aromatic hydroxyl groups is 1. The Hall–Kier alpha value is -1.59. The number of benzene rings is 2. The van der Waals surface area contributed by atoms with E-state index in [0.29, 0.717) is 11.5 Å². The zero-order chi connectivity index (χ0) is 29.6. The van der Waals surface area contributed by atoms with E-state index < -0.39 is 0 Å². The van der Waals surface area contributed by atoms with Gasteiger partial charge in [-0.3, -0.25) is 4.79 Å². The van der Waals surface area contributed by atoms with Gasteiger partial charge in [-0.15, -0.1) is 23.5 Å². The van der Waals surface area contributed by atoms with E-state index >= 15 is 0 Å². The standard InChI is InChI=1S/C33H50O3S2/c1-20(34)36-28-25(31(8,9)10)18-22(19-26(28)32(11,12)13)38-33(14,15)37-21-16-23(29(2,3)4)27(35)24(17-21)30(5,6)7/h16-19,35H,1-15H3. The molecule has 0 amide bonds. The monoisotopic (exact) mass is 558 g/mol. The molecule has 2 aromatic carbocycles. The lowest BCUT2D eigenvalue weighted by Crippen LogP contribution is -2.21. The zero-order valence-corrected chi connectivity index (χ0v) is 28.0. The molecule has 0 saturated heterocycles. The minimum atomic E-state index is -0.297. The zero-order valence-electron chi connectivity index (χ0n) is 26.4. The summed E-state index contributed by atoms with van der Waals surface area (Å²) >= 11 is 3.64. The van der Waals surface area contributed by atoms with Gasteiger partial charge < -0.3 is 9.84 Å². The summed E-state index contributed by atoms with van der Waals surface area (Å²) in [6, 6.07) is 8.70. The minimum absolute atomic E-state index is 0.173. The van der Waals surface area contributed by atoms with Crippen LogP contribution < -0.4 is 4.74 Å². The molecule has 1 N–H and O–H groups in total. The first-order chi connectivity index (χ1) is 16.8. The van der Waals surface area contributed by atoms with Gasteiger partial charge in [-0.2, -0.15) is 0 Å². The Morgan fingerprint density at radius 2 is 0.895 bits per heavy atom. The molecule has 0 heterocycles. The summed E-state index contributed by atoms with van der Waals surface area (Å²) in [4.78, 5) is 14.4. The van der Waals surface area contributed by atoms with E-state index in [2.05, 4.69) is 121 Å². The van der Waals surface area contributed by atoms with Crippen LogP contribution in [0.5, 0.6) is 11.5 Å². The molecule has 0 aliphatic rings. The van der Waals surface area contributed by atoms with Crippen molar-refractivity contribution in [2.75, 3.05) is 0 Å². The number of hydrogen-bond acceptors (Lipinski definition) is 5. The number of hydrogen-bond donors (Lipinski definition) is 1. The highest BCUT2D eigenvalue weighted by molar-refractivity contribution is 8.18. The summed E-state index contributed by atoms with van der Waals surface area (Å²) < 4.78 is 5.63. The van der Waals surface area contributed by atoms with Gasteiger partial charge in [-0.25, -0.2) is 0 Å². The van der Waals surface area contributed by atoms with Crippen LogP contribution in [-0.4, -0.2) is 15.2 Å². The number of thioether (sulfide) groups is 2. The SMILES string of the molecule is CC(=O)Oc1c(C(C)(C)C)cc(SC(C)(C)Sc2cc(C(C)(C)C)c(O)c(C(C)(C)C)c2)cc1C(C)(C)C. The van der Waals surface area contributed by atoms with Crippen LogP contribution in [0.3, 0.4) is 0 Å². The van der Waals surface area contributed by atoms with E-state index in [1.165, 1.54) is 6.92 Å². The van der Waals surface area contributed by atoms with Gasteiger partial charge in [0.2, 0.25) is 0 Å². The molecule has 38 heavy (non-hydrogen) atoms. The minimum Gasteiger partial charge on any atom is -0.507 e. The first kappa shape index (κ1) is 32.6. The molecule has 3 nitrogen and oxygen atoms in total. The highest BCUT2D eigenvalue weighted by atomic mass is 32.2. The largest absolute Gasteiger partial charge is 0.507 e. The number of ether oxygens (including phenoxy) is 1. The maximum Gasteiger partial charge on any atom is 0.308 e. The average molecular weight is 559 g/mol. The molecule has 0 saturated carbocycles. The van der Waals surface area contributed by atoms with Crippen LogP contribution in [0, 0.1) is 0 Å². The first-order valence-electron chi connectivity index (χ1n) is 13.5. The van der Waals surface area contributed by atoms with Gasteiger partial charge in [-0.05, 0) is 59.8 Å². The van der Waals surface area contributed by atoms with Crippen molar-refractivity contribution in [1.29, 1.82) is 0 Å². The highest BCUT2D eigenvalue weighted by Gasteiger charge is 2.32. The summed E-state index contributed by atoms with van der Waals surface area (Å²) in [6.07, 6.45) is 0. The van der Waals surface area contributed by atoms with Crippen LogP contribution >= 0.6 is 23.5 Å². The fraction of sp³-hybridized carbons (Fsp3) is 0.606. The number of phenolic OH excluding ortho intramolecular Hbond substituents is 1. The molecule has 0 aliphatic heterocycles. The second-order valence-corrected chi connectivity index (χ2v) is 18.6. The maximum atomic E-state index is 12.1. The van der Waals surface area contributed by atoms with E-state index in [9.17, 15) is 9.90 Å². The fourth-order valence-electron chi connectivity index (χ4n) is 4.43. The van der Waals surface area contributed by atoms with Crippen LogP contribution in [0.4, 0.5) is 0 Å². The third-order valence-electron chi connectivity index (χ3n) is 6.35. The van der Waals surface area contributed by atoms with Gasteiger partial charge in [0.15, 0.2) is 0 Å². The molecule has 0 aliphatic carbocycles. The van der Waals surface area contributed by atoms with Crippen molar-refractivity contribution < 1.29 is 14.6 Å². The predicted octanol–water partition coefficient (Wildman–Crippen LogP) is 10.1. The van der Waals surface area contributed by atoms with Crippen molar-refractivity contribution in [2.45, 2.75) is 139 Å². The van der Waals surface area contributed by atoms with E-state index in [0.717, 1.165) is 32.0 Å². The summed E-state index contributed by atoms with van der Waals surface area (Å²) in [5, 5.41) is 11.2. The first-order valence-corrected chi connectivity index (χ1v) is 15.1. The molecule has 0 fully saturated rings. The Morgan fingerprint density at radius 3 is 1.16 bits per heavy atom. The Balaban J connectivity index is 2.63. The van der Waals surface area contributed by atoms with Crippen LogP contribution in [0.2, 0.25) is 0 Å². The quantitative estimate of drug-likeness (QED) is 0.171. The van der Waals surface area contributed by atoms with Gasteiger partial charge in [0.05, 0.1) is 4.08 Å². The van der Waals surface area contributed by atoms with Crippen molar-refractivity contribution in [3.8, 4) is 11.5 Å². The molecular weight excluding hydrogens is 508 g/mol. The topological polar surface area (TPSA) is 46.5 Å². The second kappa shape index (κ2) is 10.8. The van der Waals surface area contributed by atoms with E-state index in [1.54, 1.807) is 0 Å². The smallest absolute Gasteiger partial charge is 0.308 e. The van der Waals surface area contributed by atoms with Crippen LogP contribution in [-0.2, 0) is 26.5 Å². The number of rotatable bonds is 5. The molecule has 0 bridgehead atoms. The molecule has 2 rings (SSSR count). The molecule has 5 heteroatoms. The van der Waals surface area contributed by atoms with E-state index in [1.807, 2.05) is 23.5 Å². The predicted molar refractivity (Wildman–Crippen MR) is 166 cm³/mol. The van der Waals surface area contributed by atoms with Crippen LogP contribution in [0.25, 0.3) is 0 Å².